The van der Waals surface area contributed by atoms with Gasteiger partial charge in [-0.05, 0) is 17.7 Å². The molecule has 0 fully saturated rings. The predicted molar refractivity (Wildman–Crippen MR) is 97.1 cm³/mol. The molecule has 1 aromatic heterocycles. The maximum atomic E-state index is 13.1. The lowest BCUT2D eigenvalue weighted by Crippen LogP contribution is -2.16. The van der Waals surface area contributed by atoms with Crippen molar-refractivity contribution in [2.45, 2.75) is 0 Å². The normalized spacial score (nSPS) is 14.5. The Morgan fingerprint density at radius 2 is 2.08 bits per heavy atom. The number of halogens is 1. The number of rotatable bonds is 3. The van der Waals surface area contributed by atoms with Crippen molar-refractivity contribution in [1.29, 1.82) is 5.26 Å². The van der Waals surface area contributed by atoms with E-state index in [0.717, 1.165) is 22.6 Å². The molecule has 0 radical (unpaired) electrons. The fourth-order valence-electron chi connectivity index (χ4n) is 2.30. The lowest BCUT2D eigenvalue weighted by molar-refractivity contribution is 0.628. The summed E-state index contributed by atoms with van der Waals surface area (Å²) in [5, 5.41) is 15.9. The van der Waals surface area contributed by atoms with E-state index in [4.69, 9.17) is 5.26 Å². The van der Waals surface area contributed by atoms with Crippen molar-refractivity contribution in [1.82, 2.24) is 4.98 Å². The van der Waals surface area contributed by atoms with E-state index in [1.807, 2.05) is 13.1 Å². The molecule has 0 spiro atoms. The Balaban J connectivity index is 1.85. The minimum absolute atomic E-state index is 0.267. The van der Waals surface area contributed by atoms with Gasteiger partial charge in [0, 0.05) is 42.9 Å². The van der Waals surface area contributed by atoms with Crippen LogP contribution in [0.25, 0.3) is 11.1 Å². The third-order valence-electron chi connectivity index (χ3n) is 3.52. The molecule has 3 rings (SSSR count). The zero-order valence-corrected chi connectivity index (χ0v) is 14.0. The van der Waals surface area contributed by atoms with Gasteiger partial charge in [0.05, 0.1) is 5.31 Å². The predicted octanol–water partition coefficient (Wildman–Crippen LogP) is 3.80. The van der Waals surface area contributed by atoms with Gasteiger partial charge in [-0.2, -0.15) is 5.26 Å². The van der Waals surface area contributed by atoms with Crippen molar-refractivity contribution in [3.8, 4) is 17.2 Å². The lowest BCUT2D eigenvalue weighted by Gasteiger charge is -2.14. The van der Waals surface area contributed by atoms with Crippen LogP contribution in [-0.2, 0) is 0 Å². The van der Waals surface area contributed by atoms with Gasteiger partial charge in [0.15, 0.2) is 0 Å². The highest BCUT2D eigenvalue weighted by Crippen LogP contribution is 2.30. The van der Waals surface area contributed by atoms with Gasteiger partial charge in [0.25, 0.3) is 0 Å². The quantitative estimate of drug-likeness (QED) is 0.835. The van der Waals surface area contributed by atoms with Crippen LogP contribution in [-0.4, -0.2) is 24.0 Å². The van der Waals surface area contributed by atoms with E-state index in [1.54, 1.807) is 24.5 Å². The van der Waals surface area contributed by atoms with E-state index < -0.39 is 0 Å². The maximum absolute atomic E-state index is 13.1. The van der Waals surface area contributed by atoms with Gasteiger partial charge in [-0.1, -0.05) is 20.7 Å². The van der Waals surface area contributed by atoms with Crippen LogP contribution in [0.5, 0.6) is 0 Å². The number of anilines is 2. The topological polar surface area (TPSA) is 73.1 Å². The largest absolute Gasteiger partial charge is 0.387 e. The monoisotopic (exact) mass is 339 g/mol. The number of nitriles is 1. The Bertz CT molecular complexity index is 852. The van der Waals surface area contributed by atoms with E-state index in [2.05, 4.69) is 26.7 Å². The van der Waals surface area contributed by atoms with Crippen LogP contribution < -0.4 is 10.6 Å². The zero-order valence-electron chi connectivity index (χ0n) is 13.0. The zero-order chi connectivity index (χ0) is 16.9. The van der Waals surface area contributed by atoms with Crippen molar-refractivity contribution in [3.63, 3.8) is 0 Å². The second kappa shape index (κ2) is 7.20. The molecule has 0 aliphatic carbocycles. The van der Waals surface area contributed by atoms with Crippen molar-refractivity contribution in [3.05, 3.63) is 53.9 Å². The number of allylic oxidation sites excluding steroid dienone is 1. The number of benzene rings is 1. The Labute approximate surface area is 141 Å². The molecule has 2 N–H and O–H groups in total. The Kier molecular flexibility index (Phi) is 4.83. The number of aliphatic imine (C=N–C) groups is 1. The molecule has 1 atom stereocenters. The van der Waals surface area contributed by atoms with Crippen molar-refractivity contribution in [2.75, 3.05) is 23.8 Å². The number of amidine groups is 1. The Morgan fingerprint density at radius 1 is 1.29 bits per heavy atom. The number of nitrogens with one attached hydrogen (secondary N) is 2. The van der Waals surface area contributed by atoms with Gasteiger partial charge in [-0.3, -0.25) is 0 Å². The fourth-order valence-corrected chi connectivity index (χ4v) is 3.07. The summed E-state index contributed by atoms with van der Waals surface area (Å²) in [5.41, 5.74) is 2.66. The van der Waals surface area contributed by atoms with Crippen LogP contribution in [0.4, 0.5) is 15.9 Å². The van der Waals surface area contributed by atoms with Gasteiger partial charge in [0.2, 0.25) is 0 Å². The first kappa shape index (κ1) is 16.1. The molecule has 0 amide bonds. The molecule has 1 aromatic carbocycles. The van der Waals surface area contributed by atoms with Crippen LogP contribution >= 0.6 is 8.58 Å². The first-order valence-electron chi connectivity index (χ1n) is 7.31. The smallest absolute Gasteiger partial charge is 0.133 e. The van der Waals surface area contributed by atoms with Crippen molar-refractivity contribution >= 4 is 25.9 Å². The molecule has 5 nitrogen and oxygen atoms in total. The number of nitrogens with zero attached hydrogens (tertiary/aromatic N) is 3. The molecular weight excluding hydrogens is 324 g/mol. The molecule has 0 bridgehead atoms. The van der Waals surface area contributed by atoms with E-state index in [-0.39, 0.29) is 5.82 Å². The molecule has 7 heteroatoms. The molecule has 2 heterocycles. The first-order chi connectivity index (χ1) is 11.7. The highest BCUT2D eigenvalue weighted by molar-refractivity contribution is 7.44. The third-order valence-corrected chi connectivity index (χ3v) is 4.65. The summed E-state index contributed by atoms with van der Waals surface area (Å²) in [6.07, 6.45) is 4.04. The van der Waals surface area contributed by atoms with E-state index in [1.165, 1.54) is 12.1 Å². The van der Waals surface area contributed by atoms with E-state index in [0.29, 0.717) is 25.9 Å². The average molecular weight is 339 g/mol. The van der Waals surface area contributed by atoms with Crippen LogP contribution in [0.2, 0.25) is 0 Å². The molecule has 24 heavy (non-hydrogen) atoms. The second-order valence-electron chi connectivity index (χ2n) is 5.08. The van der Waals surface area contributed by atoms with Crippen LogP contribution in [0.15, 0.2) is 53.0 Å². The van der Waals surface area contributed by atoms with Crippen molar-refractivity contribution < 1.29 is 4.39 Å². The molecule has 0 saturated carbocycles. The highest BCUT2D eigenvalue weighted by Gasteiger charge is 2.11. The Hall–Kier alpha value is -2.77. The molecule has 2 aromatic rings. The number of pyridine rings is 1. The standard InChI is InChI=1S/C17H15FN5P/c1-20-15-6-16(23-17-10-24-13(7-19)8-21-17)22-9-14(15)11-2-4-12(18)5-3-11/h2-6,8-9,24H,10H2,1H3,(H2,20,21,22,23). The third kappa shape index (κ3) is 3.58. The lowest BCUT2D eigenvalue weighted by atomic mass is 10.1. The second-order valence-corrected chi connectivity index (χ2v) is 6.33. The van der Waals surface area contributed by atoms with Crippen LogP contribution in [0.3, 0.4) is 0 Å². The summed E-state index contributed by atoms with van der Waals surface area (Å²) in [6.45, 7) is 0. The van der Waals surface area contributed by atoms with Crippen LogP contribution in [0.1, 0.15) is 0 Å². The van der Waals surface area contributed by atoms with Crippen LogP contribution in [0, 0.1) is 17.1 Å². The number of hydrogen-bond acceptors (Lipinski definition) is 5. The van der Waals surface area contributed by atoms with Gasteiger partial charge in [-0.25, -0.2) is 14.4 Å². The van der Waals surface area contributed by atoms with E-state index in [9.17, 15) is 4.39 Å². The average Bonchev–Trinajstić information content (AvgIpc) is 2.63. The maximum Gasteiger partial charge on any atom is 0.133 e. The highest BCUT2D eigenvalue weighted by atomic mass is 31.1. The van der Waals surface area contributed by atoms with Gasteiger partial charge in [-0.15, -0.1) is 0 Å². The fraction of sp³-hybridized carbons (Fsp3) is 0.118. The molecule has 0 saturated heterocycles. The SMILES string of the molecule is CNc1cc(NC2=NC=C(C#N)PC2)ncc1-c1ccc(F)cc1. The Morgan fingerprint density at radius 3 is 2.71 bits per heavy atom. The summed E-state index contributed by atoms with van der Waals surface area (Å²) in [4.78, 5) is 8.66. The molecule has 1 aliphatic rings. The van der Waals surface area contributed by atoms with Gasteiger partial charge >= 0.3 is 0 Å². The summed E-state index contributed by atoms with van der Waals surface area (Å²) in [5.74, 6) is 1.19. The minimum Gasteiger partial charge on any atom is -0.387 e. The summed E-state index contributed by atoms with van der Waals surface area (Å²) in [6, 6.07) is 10.3. The van der Waals surface area contributed by atoms with Gasteiger partial charge < -0.3 is 10.6 Å². The molecule has 120 valence electrons. The molecule has 1 aliphatic heterocycles. The molecule has 1 unspecified atom stereocenters. The summed E-state index contributed by atoms with van der Waals surface area (Å²) < 4.78 is 13.1. The van der Waals surface area contributed by atoms with Crippen molar-refractivity contribution in [2.24, 2.45) is 4.99 Å². The molecular formula is C17H15FN5P. The van der Waals surface area contributed by atoms with E-state index >= 15 is 0 Å². The number of aromatic nitrogens is 1. The van der Waals surface area contributed by atoms with Gasteiger partial charge in [0.1, 0.15) is 23.5 Å². The minimum atomic E-state index is -0.267. The number of hydrogen-bond donors (Lipinski definition) is 2. The summed E-state index contributed by atoms with van der Waals surface area (Å²) in [7, 11) is 2.25. The first-order valence-corrected chi connectivity index (χ1v) is 8.52. The summed E-state index contributed by atoms with van der Waals surface area (Å²) >= 11 is 0.